The van der Waals surface area contributed by atoms with Crippen LogP contribution in [0.25, 0.3) is 10.9 Å². The van der Waals surface area contributed by atoms with E-state index in [0.717, 1.165) is 0 Å². The number of H-pyrrole nitrogens is 1. The van der Waals surface area contributed by atoms with Gasteiger partial charge in [-0.15, -0.1) is 0 Å². The third kappa shape index (κ3) is 2.12. The average molecular weight is 315 g/mol. The molecule has 1 saturated heterocycles. The molecule has 1 aliphatic heterocycles. The fraction of sp³-hybridized carbons (Fsp3) is 0.308. The third-order valence-corrected chi connectivity index (χ3v) is 3.98. The number of ether oxygens (including phenoxy) is 1. The molecule has 3 rings (SSSR count). The van der Waals surface area contributed by atoms with Crippen LogP contribution in [0.4, 0.5) is 5.69 Å². The maximum Gasteiger partial charge on any atom is 0.275 e. The van der Waals surface area contributed by atoms with Crippen LogP contribution in [-0.4, -0.2) is 36.4 Å². The Bertz CT molecular complexity index is 724. The van der Waals surface area contributed by atoms with Crippen molar-refractivity contribution >= 4 is 39.8 Å². The van der Waals surface area contributed by atoms with Crippen molar-refractivity contribution in [3.8, 4) is 5.75 Å². The SMILES string of the molecule is O=c1[nH]c2c(Cl)ccc(Cl)c2c(O)c1N1CCOCC1. The van der Waals surface area contributed by atoms with E-state index in [1.807, 2.05) is 0 Å². The molecule has 0 spiro atoms. The van der Waals surface area contributed by atoms with Crippen molar-refractivity contribution in [2.45, 2.75) is 0 Å². The normalized spacial score (nSPS) is 15.8. The van der Waals surface area contributed by atoms with Gasteiger partial charge in [0.05, 0.1) is 34.2 Å². The maximum atomic E-state index is 12.2. The summed E-state index contributed by atoms with van der Waals surface area (Å²) in [5.74, 6) is -0.141. The number of benzene rings is 1. The molecule has 106 valence electrons. The number of nitrogens with zero attached hydrogens (tertiary/aromatic N) is 1. The molecule has 1 aromatic carbocycles. The lowest BCUT2D eigenvalue weighted by Gasteiger charge is -2.28. The molecule has 2 aromatic rings. The molecular formula is C13H12Cl2N2O3. The number of aromatic nitrogens is 1. The lowest BCUT2D eigenvalue weighted by Crippen LogP contribution is -2.39. The minimum absolute atomic E-state index is 0.141. The number of fused-ring (bicyclic) bond motifs is 1. The number of aromatic amines is 1. The van der Waals surface area contributed by atoms with E-state index in [0.29, 0.717) is 47.3 Å². The second kappa shape index (κ2) is 5.16. The van der Waals surface area contributed by atoms with Crippen molar-refractivity contribution in [3.63, 3.8) is 0 Å². The van der Waals surface area contributed by atoms with Crippen LogP contribution < -0.4 is 10.5 Å². The van der Waals surface area contributed by atoms with Gasteiger partial charge in [-0.2, -0.15) is 0 Å². The Morgan fingerprint density at radius 3 is 2.55 bits per heavy atom. The standard InChI is InChI=1S/C13H12Cl2N2O3/c14-7-1-2-8(15)10-9(7)12(18)11(13(19)16-10)17-3-5-20-6-4-17/h1-2H,3-6H2,(H2,16,18,19). The van der Waals surface area contributed by atoms with Gasteiger partial charge in [-0.1, -0.05) is 23.2 Å². The Balaban J connectivity index is 2.28. The molecule has 20 heavy (non-hydrogen) atoms. The Morgan fingerprint density at radius 1 is 1.20 bits per heavy atom. The molecule has 0 amide bonds. The molecule has 1 fully saturated rings. The molecule has 7 heteroatoms. The van der Waals surface area contributed by atoms with Crippen molar-refractivity contribution in [3.05, 3.63) is 32.5 Å². The first-order valence-electron chi connectivity index (χ1n) is 6.15. The van der Waals surface area contributed by atoms with Gasteiger partial charge < -0.3 is 19.7 Å². The van der Waals surface area contributed by atoms with Crippen LogP contribution in [-0.2, 0) is 4.74 Å². The van der Waals surface area contributed by atoms with E-state index in [9.17, 15) is 9.90 Å². The van der Waals surface area contributed by atoms with Gasteiger partial charge in [0, 0.05) is 13.1 Å². The van der Waals surface area contributed by atoms with Crippen LogP contribution in [0.3, 0.4) is 0 Å². The topological polar surface area (TPSA) is 65.6 Å². The summed E-state index contributed by atoms with van der Waals surface area (Å²) in [5.41, 5.74) is 0.171. The van der Waals surface area contributed by atoms with Crippen molar-refractivity contribution in [1.29, 1.82) is 0 Å². The minimum Gasteiger partial charge on any atom is -0.505 e. The smallest absolute Gasteiger partial charge is 0.275 e. The molecule has 1 aromatic heterocycles. The largest absolute Gasteiger partial charge is 0.505 e. The summed E-state index contributed by atoms with van der Waals surface area (Å²) in [6.07, 6.45) is 0. The van der Waals surface area contributed by atoms with Gasteiger partial charge >= 0.3 is 0 Å². The van der Waals surface area contributed by atoms with E-state index in [1.165, 1.54) is 0 Å². The summed E-state index contributed by atoms with van der Waals surface area (Å²) < 4.78 is 5.25. The number of hydrogen-bond acceptors (Lipinski definition) is 4. The fourth-order valence-corrected chi connectivity index (χ4v) is 2.84. The quantitative estimate of drug-likeness (QED) is 0.848. The van der Waals surface area contributed by atoms with Crippen LogP contribution in [0.2, 0.25) is 10.0 Å². The number of anilines is 1. The molecule has 0 bridgehead atoms. The lowest BCUT2D eigenvalue weighted by atomic mass is 10.1. The monoisotopic (exact) mass is 314 g/mol. The van der Waals surface area contributed by atoms with Gasteiger partial charge in [0.15, 0.2) is 5.75 Å². The number of nitrogens with one attached hydrogen (secondary N) is 1. The Labute approximate surface area is 124 Å². The summed E-state index contributed by atoms with van der Waals surface area (Å²) in [6, 6.07) is 3.17. The lowest BCUT2D eigenvalue weighted by molar-refractivity contribution is 0.122. The van der Waals surface area contributed by atoms with Gasteiger partial charge in [-0.05, 0) is 12.1 Å². The predicted octanol–water partition coefficient (Wildman–Crippen LogP) is 2.38. The molecule has 0 aliphatic carbocycles. The molecule has 2 N–H and O–H groups in total. The Morgan fingerprint density at radius 2 is 1.85 bits per heavy atom. The van der Waals surface area contributed by atoms with Gasteiger partial charge in [0.25, 0.3) is 5.56 Å². The van der Waals surface area contributed by atoms with Crippen LogP contribution >= 0.6 is 23.2 Å². The highest BCUT2D eigenvalue weighted by Gasteiger charge is 2.22. The van der Waals surface area contributed by atoms with E-state index < -0.39 is 0 Å². The second-order valence-corrected chi connectivity index (χ2v) is 5.34. The van der Waals surface area contributed by atoms with Gasteiger partial charge in [0.1, 0.15) is 5.69 Å². The molecule has 1 aliphatic rings. The van der Waals surface area contributed by atoms with Crippen LogP contribution in [0.1, 0.15) is 0 Å². The number of aromatic hydroxyl groups is 1. The van der Waals surface area contributed by atoms with Crippen molar-refractivity contribution in [2.24, 2.45) is 0 Å². The van der Waals surface area contributed by atoms with Crippen molar-refractivity contribution < 1.29 is 9.84 Å². The molecular weight excluding hydrogens is 303 g/mol. The molecule has 0 radical (unpaired) electrons. The van der Waals surface area contributed by atoms with E-state index >= 15 is 0 Å². The fourth-order valence-electron chi connectivity index (χ4n) is 2.38. The summed E-state index contributed by atoms with van der Waals surface area (Å²) in [5, 5.41) is 11.5. The van der Waals surface area contributed by atoms with Crippen LogP contribution in [0.15, 0.2) is 16.9 Å². The molecule has 2 heterocycles. The molecule has 5 nitrogen and oxygen atoms in total. The van der Waals surface area contributed by atoms with Crippen molar-refractivity contribution in [1.82, 2.24) is 4.98 Å². The third-order valence-electron chi connectivity index (χ3n) is 3.35. The zero-order valence-corrected chi connectivity index (χ0v) is 12.0. The molecule has 0 atom stereocenters. The first kappa shape index (κ1) is 13.5. The predicted molar refractivity (Wildman–Crippen MR) is 79.3 cm³/mol. The Hall–Kier alpha value is -1.43. The minimum atomic E-state index is -0.388. The zero-order chi connectivity index (χ0) is 14.3. The maximum absolute atomic E-state index is 12.2. The van der Waals surface area contributed by atoms with E-state index in [1.54, 1.807) is 17.0 Å². The van der Waals surface area contributed by atoms with Gasteiger partial charge in [-0.3, -0.25) is 4.79 Å². The Kier molecular flexibility index (Phi) is 3.50. The summed E-state index contributed by atoms with van der Waals surface area (Å²) in [7, 11) is 0. The van der Waals surface area contributed by atoms with Crippen LogP contribution in [0, 0.1) is 0 Å². The number of pyridine rings is 1. The molecule has 0 unspecified atom stereocenters. The second-order valence-electron chi connectivity index (χ2n) is 4.53. The first-order valence-corrected chi connectivity index (χ1v) is 6.91. The van der Waals surface area contributed by atoms with E-state index in [-0.39, 0.29) is 17.0 Å². The number of hydrogen-bond donors (Lipinski definition) is 2. The number of halogens is 2. The van der Waals surface area contributed by atoms with E-state index in [4.69, 9.17) is 27.9 Å². The van der Waals surface area contributed by atoms with Gasteiger partial charge in [-0.25, -0.2) is 0 Å². The summed E-state index contributed by atoms with van der Waals surface area (Å²) in [4.78, 5) is 16.7. The summed E-state index contributed by atoms with van der Waals surface area (Å²) >= 11 is 12.2. The highest BCUT2D eigenvalue weighted by molar-refractivity contribution is 6.40. The highest BCUT2D eigenvalue weighted by atomic mass is 35.5. The average Bonchev–Trinajstić information content (AvgIpc) is 2.44. The highest BCUT2D eigenvalue weighted by Crippen LogP contribution is 2.38. The number of rotatable bonds is 1. The molecule has 0 saturated carbocycles. The van der Waals surface area contributed by atoms with Crippen molar-refractivity contribution in [2.75, 3.05) is 31.2 Å². The number of morpholine rings is 1. The first-order chi connectivity index (χ1) is 9.59. The van der Waals surface area contributed by atoms with Gasteiger partial charge in [0.2, 0.25) is 0 Å². The summed E-state index contributed by atoms with van der Waals surface area (Å²) in [6.45, 7) is 2.11. The van der Waals surface area contributed by atoms with Crippen LogP contribution in [0.5, 0.6) is 5.75 Å². The van der Waals surface area contributed by atoms with E-state index in [2.05, 4.69) is 4.98 Å². The zero-order valence-electron chi connectivity index (χ0n) is 10.4.